The van der Waals surface area contributed by atoms with Crippen LogP contribution in [-0.2, 0) is 14.3 Å². The quantitative estimate of drug-likeness (QED) is 0.245. The third-order valence-corrected chi connectivity index (χ3v) is 6.62. The second-order valence-corrected chi connectivity index (χ2v) is 9.88. The van der Waals surface area contributed by atoms with Crippen LogP contribution in [0.4, 0.5) is 43.9 Å². The van der Waals surface area contributed by atoms with E-state index in [0.29, 0.717) is 5.56 Å². The number of aliphatic imine (C=N–C) groups is 1. The highest BCUT2D eigenvalue weighted by molar-refractivity contribution is 6.22. The normalized spacial score (nSPS) is 16.2. The highest BCUT2D eigenvalue weighted by Gasteiger charge is 2.60. The molecule has 45 heavy (non-hydrogen) atoms. The largest absolute Gasteiger partial charge is 0.496 e. The van der Waals surface area contributed by atoms with Crippen LogP contribution in [0.15, 0.2) is 40.0 Å². The number of carbonyl (C=O) groups is 2. The van der Waals surface area contributed by atoms with Crippen LogP contribution >= 0.6 is 0 Å². The molecule has 246 valence electrons. The van der Waals surface area contributed by atoms with E-state index in [1.165, 1.54) is 40.9 Å². The number of hydrogen-bond acceptors (Lipinski definition) is 6. The Balaban J connectivity index is 2.30. The first-order valence-corrected chi connectivity index (χ1v) is 12.6. The van der Waals surface area contributed by atoms with Crippen LogP contribution in [0.3, 0.4) is 0 Å². The molecule has 17 heteroatoms. The van der Waals surface area contributed by atoms with Gasteiger partial charge in [0, 0.05) is 16.8 Å². The van der Waals surface area contributed by atoms with Gasteiger partial charge in [-0.2, -0.15) is 43.9 Å². The fourth-order valence-corrected chi connectivity index (χ4v) is 4.64. The first-order valence-electron chi connectivity index (χ1n) is 12.6. The maximum atomic E-state index is 13.6. The summed E-state index contributed by atoms with van der Waals surface area (Å²) in [5.41, 5.74) is -1.40. The zero-order valence-electron chi connectivity index (χ0n) is 24.2. The summed E-state index contributed by atoms with van der Waals surface area (Å²) in [4.78, 5) is 32.4. The standard InChI is InChI=1S/C28H24F10N2O5/c1-10-7-8-15(16(9-10)43-6)19(21-12(3)18(14(5)40-21)23(42)45-25(29)28(36,37)38)20-11(2)17(13(4)39-20)22(41)44-24(26(30,31)32)27(33,34)35/h7-9,24-25,39H,1-6H3. The number of rotatable bonds is 7. The second kappa shape index (κ2) is 12.2. The number of esters is 2. The lowest BCUT2D eigenvalue weighted by molar-refractivity contribution is -0.307. The molecule has 0 saturated heterocycles. The van der Waals surface area contributed by atoms with E-state index in [9.17, 15) is 53.5 Å². The molecule has 0 aliphatic carbocycles. The Morgan fingerprint density at radius 1 is 0.844 bits per heavy atom. The molecule has 0 spiro atoms. The van der Waals surface area contributed by atoms with Gasteiger partial charge in [-0.3, -0.25) is 4.99 Å². The SMILES string of the molecule is COc1cc(C)ccc1C(=C1N=C(C)C(C(=O)OC(F)C(F)(F)F)=C1C)c1[nH]c(C)c(C(=O)OC(C(F)(F)F)C(F)(F)F)c1C. The number of allylic oxidation sites excluding steroid dienone is 1. The van der Waals surface area contributed by atoms with Gasteiger partial charge >= 0.3 is 36.8 Å². The van der Waals surface area contributed by atoms with Gasteiger partial charge in [-0.05, 0) is 57.4 Å². The molecule has 2 heterocycles. The molecule has 0 radical (unpaired) electrons. The van der Waals surface area contributed by atoms with Gasteiger partial charge in [0.2, 0.25) is 0 Å². The van der Waals surface area contributed by atoms with Crippen molar-refractivity contribution < 1.29 is 67.7 Å². The Morgan fingerprint density at radius 2 is 1.42 bits per heavy atom. The number of hydrogen-bond donors (Lipinski definition) is 1. The third-order valence-electron chi connectivity index (χ3n) is 6.62. The molecule has 0 fully saturated rings. The van der Waals surface area contributed by atoms with E-state index in [4.69, 9.17) is 4.74 Å². The summed E-state index contributed by atoms with van der Waals surface area (Å²) >= 11 is 0. The second-order valence-electron chi connectivity index (χ2n) is 9.88. The number of halogens is 10. The zero-order chi connectivity index (χ0) is 34.4. The lowest BCUT2D eigenvalue weighted by Crippen LogP contribution is -2.45. The Labute approximate surface area is 248 Å². The number of aromatic nitrogens is 1. The van der Waals surface area contributed by atoms with Gasteiger partial charge in [-0.15, -0.1) is 0 Å². The maximum Gasteiger partial charge on any atom is 0.457 e. The van der Waals surface area contributed by atoms with Gasteiger partial charge in [0.25, 0.3) is 6.10 Å². The fourth-order valence-electron chi connectivity index (χ4n) is 4.64. The highest BCUT2D eigenvalue weighted by atomic mass is 19.4. The summed E-state index contributed by atoms with van der Waals surface area (Å²) in [6.45, 7) is 6.50. The number of aromatic amines is 1. The van der Waals surface area contributed by atoms with Crippen LogP contribution in [0, 0.1) is 20.8 Å². The smallest absolute Gasteiger partial charge is 0.457 e. The van der Waals surface area contributed by atoms with Crippen LogP contribution in [0.5, 0.6) is 5.75 Å². The topological polar surface area (TPSA) is 90.0 Å². The van der Waals surface area contributed by atoms with Crippen molar-refractivity contribution in [2.75, 3.05) is 7.11 Å². The molecule has 3 rings (SSSR count). The van der Waals surface area contributed by atoms with E-state index in [1.54, 1.807) is 19.1 Å². The molecule has 0 amide bonds. The van der Waals surface area contributed by atoms with Gasteiger partial charge < -0.3 is 19.2 Å². The minimum absolute atomic E-state index is 0.0260. The maximum absolute atomic E-state index is 13.6. The Bertz CT molecular complexity index is 1600. The number of benzene rings is 1. The molecule has 1 aliphatic heterocycles. The number of aryl methyl sites for hydroxylation is 2. The fraction of sp³-hybridized carbons (Fsp3) is 0.393. The predicted molar refractivity (Wildman–Crippen MR) is 138 cm³/mol. The number of carbonyl (C=O) groups excluding carboxylic acids is 2. The van der Waals surface area contributed by atoms with Gasteiger partial charge in [0.05, 0.1) is 35.3 Å². The van der Waals surface area contributed by atoms with Crippen molar-refractivity contribution in [3.05, 3.63) is 68.7 Å². The lowest BCUT2D eigenvalue weighted by atomic mass is 9.92. The first kappa shape index (κ1) is 35.2. The average Bonchev–Trinajstić information content (AvgIpc) is 3.35. The van der Waals surface area contributed by atoms with Gasteiger partial charge in [-0.25, -0.2) is 9.59 Å². The average molecular weight is 658 g/mol. The molecule has 1 aromatic heterocycles. The molecule has 1 unspecified atom stereocenters. The number of methoxy groups -OCH3 is 1. The molecule has 1 aliphatic rings. The van der Waals surface area contributed by atoms with Crippen molar-refractivity contribution in [1.29, 1.82) is 0 Å². The number of H-pyrrole nitrogens is 1. The molecular formula is C28H24F10N2O5. The summed E-state index contributed by atoms with van der Waals surface area (Å²) in [5, 5.41) is 0. The van der Waals surface area contributed by atoms with Crippen molar-refractivity contribution in [1.82, 2.24) is 4.98 Å². The molecular weight excluding hydrogens is 634 g/mol. The number of ether oxygens (including phenoxy) is 3. The molecule has 7 nitrogen and oxygen atoms in total. The van der Waals surface area contributed by atoms with Gasteiger partial charge in [0.1, 0.15) is 5.75 Å². The molecule has 0 bridgehead atoms. The lowest BCUT2D eigenvalue weighted by Gasteiger charge is -2.23. The molecule has 1 N–H and O–H groups in total. The minimum Gasteiger partial charge on any atom is -0.496 e. The monoisotopic (exact) mass is 658 g/mol. The van der Waals surface area contributed by atoms with Crippen LogP contribution in [-0.4, -0.2) is 60.7 Å². The van der Waals surface area contributed by atoms with Gasteiger partial charge in [0.15, 0.2) is 0 Å². The van der Waals surface area contributed by atoms with Crippen molar-refractivity contribution in [3.8, 4) is 5.75 Å². The minimum atomic E-state index is -5.98. The number of nitrogens with zero attached hydrogens (tertiary/aromatic N) is 1. The first-order chi connectivity index (χ1) is 20.5. The molecule has 0 saturated carbocycles. The third kappa shape index (κ3) is 7.17. The highest BCUT2D eigenvalue weighted by Crippen LogP contribution is 2.43. The van der Waals surface area contributed by atoms with Crippen molar-refractivity contribution in [2.45, 2.75) is 65.6 Å². The van der Waals surface area contributed by atoms with Gasteiger partial charge in [-0.1, -0.05) is 12.1 Å². The van der Waals surface area contributed by atoms with Crippen LogP contribution in [0.2, 0.25) is 0 Å². The van der Waals surface area contributed by atoms with E-state index in [-0.39, 0.29) is 50.8 Å². The summed E-state index contributed by atoms with van der Waals surface area (Å²) < 4.78 is 144. The Kier molecular flexibility index (Phi) is 9.56. The van der Waals surface area contributed by atoms with Crippen LogP contribution in [0.25, 0.3) is 5.57 Å². The van der Waals surface area contributed by atoms with E-state index in [1.807, 2.05) is 0 Å². The van der Waals surface area contributed by atoms with E-state index >= 15 is 0 Å². The van der Waals surface area contributed by atoms with Crippen LogP contribution < -0.4 is 4.74 Å². The summed E-state index contributed by atoms with van der Waals surface area (Å²) in [6.07, 6.45) is -25.9. The summed E-state index contributed by atoms with van der Waals surface area (Å²) in [6, 6.07) is 4.63. The Morgan fingerprint density at radius 3 is 1.93 bits per heavy atom. The Hall–Kier alpha value is -4.31. The molecule has 1 atom stereocenters. The molecule has 1 aromatic carbocycles. The molecule has 2 aromatic rings. The summed E-state index contributed by atoms with van der Waals surface area (Å²) in [5.74, 6) is -3.52. The summed E-state index contributed by atoms with van der Waals surface area (Å²) in [7, 11) is 1.28. The van der Waals surface area contributed by atoms with E-state index in [0.717, 1.165) is 0 Å². The predicted octanol–water partition coefficient (Wildman–Crippen LogP) is 7.55. The van der Waals surface area contributed by atoms with Crippen molar-refractivity contribution in [2.24, 2.45) is 4.99 Å². The van der Waals surface area contributed by atoms with Crippen LogP contribution in [0.1, 0.15) is 52.3 Å². The van der Waals surface area contributed by atoms with E-state index < -0.39 is 54.1 Å². The van der Waals surface area contributed by atoms with Crippen molar-refractivity contribution >= 4 is 23.2 Å². The number of alkyl halides is 10. The van der Waals surface area contributed by atoms with Crippen molar-refractivity contribution in [3.63, 3.8) is 0 Å². The zero-order valence-corrected chi connectivity index (χ0v) is 24.2. The van der Waals surface area contributed by atoms with E-state index in [2.05, 4.69) is 19.5 Å². The number of nitrogens with one attached hydrogen (secondary N) is 1.